The van der Waals surface area contributed by atoms with E-state index >= 15 is 0 Å². The molecule has 1 atom stereocenters. The van der Waals surface area contributed by atoms with Crippen LogP contribution in [0.25, 0.3) is 0 Å². The van der Waals surface area contributed by atoms with Gasteiger partial charge in [-0.25, -0.2) is 0 Å². The van der Waals surface area contributed by atoms with E-state index in [1.165, 1.54) is 0 Å². The largest absolute Gasteiger partial charge is 0.396 e. The lowest BCUT2D eigenvalue weighted by Crippen LogP contribution is -2.33. The second-order valence-electron chi connectivity index (χ2n) is 4.49. The van der Waals surface area contributed by atoms with Crippen molar-refractivity contribution in [2.45, 2.75) is 45.1 Å². The molecule has 2 nitrogen and oxygen atoms in total. The van der Waals surface area contributed by atoms with Gasteiger partial charge in [0.25, 0.3) is 0 Å². The van der Waals surface area contributed by atoms with Crippen LogP contribution in [0.4, 0.5) is 0 Å². The predicted octanol–water partition coefficient (Wildman–Crippen LogP) is 1.56. The van der Waals surface area contributed by atoms with Crippen LogP contribution < -0.4 is 0 Å². The van der Waals surface area contributed by atoms with E-state index in [1.54, 1.807) is 0 Å². The van der Waals surface area contributed by atoms with Gasteiger partial charge in [-0.3, -0.25) is 0 Å². The molecule has 72 valence electrons. The van der Waals surface area contributed by atoms with Gasteiger partial charge >= 0.3 is 0 Å². The van der Waals surface area contributed by atoms with Crippen LogP contribution in [0.15, 0.2) is 0 Å². The molecule has 0 radical (unpaired) electrons. The summed E-state index contributed by atoms with van der Waals surface area (Å²) in [5.74, 6) is 1.02. The van der Waals surface area contributed by atoms with Gasteiger partial charge in [-0.2, -0.15) is 0 Å². The molecule has 2 N–H and O–H groups in total. The summed E-state index contributed by atoms with van der Waals surface area (Å²) >= 11 is 0. The van der Waals surface area contributed by atoms with Gasteiger partial charge in [0, 0.05) is 6.61 Å². The van der Waals surface area contributed by atoms with E-state index < -0.39 is 5.60 Å². The Labute approximate surface area is 74.6 Å². The molecule has 0 heterocycles. The van der Waals surface area contributed by atoms with Gasteiger partial charge in [0.15, 0.2) is 0 Å². The summed E-state index contributed by atoms with van der Waals surface area (Å²) in [4.78, 5) is 0. The Bertz CT molecular complexity index is 133. The van der Waals surface area contributed by atoms with Crippen LogP contribution in [0.2, 0.25) is 0 Å². The van der Waals surface area contributed by atoms with E-state index in [9.17, 15) is 5.11 Å². The van der Waals surface area contributed by atoms with Crippen molar-refractivity contribution in [1.82, 2.24) is 0 Å². The summed E-state index contributed by atoms with van der Waals surface area (Å²) < 4.78 is 0. The number of aliphatic hydroxyl groups is 2. The third-order valence-electron chi connectivity index (χ3n) is 3.20. The molecule has 0 aromatic heterocycles. The van der Waals surface area contributed by atoms with Gasteiger partial charge in [0.2, 0.25) is 0 Å². The van der Waals surface area contributed by atoms with E-state index in [2.05, 4.69) is 6.92 Å². The minimum Gasteiger partial charge on any atom is -0.396 e. The van der Waals surface area contributed by atoms with E-state index in [4.69, 9.17) is 5.11 Å². The normalized spacial score (nSPS) is 39.5. The third kappa shape index (κ3) is 2.46. The lowest BCUT2D eigenvalue weighted by Gasteiger charge is -2.35. The number of rotatable bonds is 2. The van der Waals surface area contributed by atoms with Gasteiger partial charge in [-0.05, 0) is 44.4 Å². The van der Waals surface area contributed by atoms with Crippen LogP contribution in [0.1, 0.15) is 39.5 Å². The Kier molecular flexibility index (Phi) is 3.13. The van der Waals surface area contributed by atoms with Crippen LogP contribution in [-0.4, -0.2) is 22.4 Å². The molecule has 0 aromatic carbocycles. The Balaban J connectivity index is 2.36. The second-order valence-corrected chi connectivity index (χ2v) is 4.49. The molecule has 0 aliphatic heterocycles. The number of hydrogen-bond donors (Lipinski definition) is 2. The van der Waals surface area contributed by atoms with Crippen molar-refractivity contribution in [1.29, 1.82) is 0 Å². The summed E-state index contributed by atoms with van der Waals surface area (Å²) in [6.45, 7) is 4.28. The van der Waals surface area contributed by atoms with Gasteiger partial charge in [0.05, 0.1) is 5.60 Å². The average Bonchev–Trinajstić information content (AvgIpc) is 2.03. The summed E-state index contributed by atoms with van der Waals surface area (Å²) in [7, 11) is 0. The van der Waals surface area contributed by atoms with Crippen molar-refractivity contribution in [2.75, 3.05) is 6.61 Å². The maximum atomic E-state index is 9.68. The van der Waals surface area contributed by atoms with Crippen molar-refractivity contribution in [3.8, 4) is 0 Å². The molecule has 1 aliphatic carbocycles. The van der Waals surface area contributed by atoms with Crippen LogP contribution in [-0.2, 0) is 0 Å². The highest BCUT2D eigenvalue weighted by Gasteiger charge is 2.30. The highest BCUT2D eigenvalue weighted by molar-refractivity contribution is 4.83. The van der Waals surface area contributed by atoms with Gasteiger partial charge < -0.3 is 10.2 Å². The summed E-state index contributed by atoms with van der Waals surface area (Å²) in [6.07, 6.45) is 3.91. The maximum absolute atomic E-state index is 9.68. The van der Waals surface area contributed by atoms with E-state index in [-0.39, 0.29) is 6.61 Å². The molecular formula is C10H20O2. The van der Waals surface area contributed by atoms with E-state index in [0.29, 0.717) is 11.8 Å². The molecular weight excluding hydrogens is 152 g/mol. The highest BCUT2D eigenvalue weighted by atomic mass is 16.3. The van der Waals surface area contributed by atoms with Crippen molar-refractivity contribution >= 4 is 0 Å². The molecule has 0 amide bonds. The maximum Gasteiger partial charge on any atom is 0.0620 e. The SMILES string of the molecule is CC(CO)C1CCC(C)(O)CC1. The minimum absolute atomic E-state index is 0.285. The zero-order valence-electron chi connectivity index (χ0n) is 8.08. The number of aliphatic hydroxyl groups excluding tert-OH is 1. The molecule has 1 rings (SSSR count). The fourth-order valence-electron chi connectivity index (χ4n) is 1.98. The summed E-state index contributed by atoms with van der Waals surface area (Å²) in [5, 5.41) is 18.6. The molecule has 0 aromatic rings. The molecule has 1 unspecified atom stereocenters. The molecule has 0 saturated heterocycles. The van der Waals surface area contributed by atoms with Gasteiger partial charge in [0.1, 0.15) is 0 Å². The van der Waals surface area contributed by atoms with Gasteiger partial charge in [-0.15, -0.1) is 0 Å². The van der Waals surface area contributed by atoms with Gasteiger partial charge in [-0.1, -0.05) is 6.92 Å². The zero-order chi connectivity index (χ0) is 9.19. The predicted molar refractivity (Wildman–Crippen MR) is 48.8 cm³/mol. The summed E-state index contributed by atoms with van der Waals surface area (Å²) in [5.41, 5.74) is -0.439. The van der Waals surface area contributed by atoms with Crippen molar-refractivity contribution in [3.05, 3.63) is 0 Å². The smallest absolute Gasteiger partial charge is 0.0620 e. The molecule has 2 heteroatoms. The highest BCUT2D eigenvalue weighted by Crippen LogP contribution is 2.35. The van der Waals surface area contributed by atoms with Crippen molar-refractivity contribution in [2.24, 2.45) is 11.8 Å². The topological polar surface area (TPSA) is 40.5 Å². The van der Waals surface area contributed by atoms with Crippen molar-refractivity contribution in [3.63, 3.8) is 0 Å². The Morgan fingerprint density at radius 1 is 1.42 bits per heavy atom. The molecule has 0 bridgehead atoms. The van der Waals surface area contributed by atoms with Crippen LogP contribution >= 0.6 is 0 Å². The van der Waals surface area contributed by atoms with E-state index in [1.807, 2.05) is 6.92 Å². The first-order chi connectivity index (χ1) is 5.55. The first kappa shape index (κ1) is 10.0. The Hall–Kier alpha value is -0.0800. The average molecular weight is 172 g/mol. The first-order valence-corrected chi connectivity index (χ1v) is 4.88. The second kappa shape index (κ2) is 3.75. The third-order valence-corrected chi connectivity index (χ3v) is 3.20. The lowest BCUT2D eigenvalue weighted by atomic mass is 9.75. The minimum atomic E-state index is -0.439. The quantitative estimate of drug-likeness (QED) is 0.663. The lowest BCUT2D eigenvalue weighted by molar-refractivity contribution is -0.00435. The fraction of sp³-hybridized carbons (Fsp3) is 1.00. The van der Waals surface area contributed by atoms with Crippen molar-refractivity contribution < 1.29 is 10.2 Å². The molecule has 1 fully saturated rings. The summed E-state index contributed by atoms with van der Waals surface area (Å²) in [6, 6.07) is 0. The monoisotopic (exact) mass is 172 g/mol. The Morgan fingerprint density at radius 2 is 1.92 bits per heavy atom. The standard InChI is InChI=1S/C10H20O2/c1-8(7-11)9-3-5-10(2,12)6-4-9/h8-9,11-12H,3-7H2,1-2H3. The van der Waals surface area contributed by atoms with Crippen LogP contribution in [0.3, 0.4) is 0 Å². The fourth-order valence-corrected chi connectivity index (χ4v) is 1.98. The first-order valence-electron chi connectivity index (χ1n) is 4.88. The molecule has 12 heavy (non-hydrogen) atoms. The zero-order valence-corrected chi connectivity index (χ0v) is 8.08. The van der Waals surface area contributed by atoms with Crippen LogP contribution in [0.5, 0.6) is 0 Å². The molecule has 1 saturated carbocycles. The number of hydrogen-bond acceptors (Lipinski definition) is 2. The Morgan fingerprint density at radius 3 is 2.33 bits per heavy atom. The molecule has 0 spiro atoms. The molecule has 1 aliphatic rings. The van der Waals surface area contributed by atoms with E-state index in [0.717, 1.165) is 25.7 Å². The van der Waals surface area contributed by atoms with Crippen LogP contribution in [0, 0.1) is 11.8 Å².